The van der Waals surface area contributed by atoms with E-state index < -0.39 is 23.6 Å². The third-order valence-electron chi connectivity index (χ3n) is 3.97. The number of aromatic nitrogens is 3. The zero-order valence-corrected chi connectivity index (χ0v) is 18.2. The maximum atomic E-state index is 13.6. The first-order chi connectivity index (χ1) is 14.2. The Morgan fingerprint density at radius 1 is 1.23 bits per heavy atom. The molecule has 0 aliphatic heterocycles. The van der Waals surface area contributed by atoms with Crippen molar-refractivity contribution >= 4 is 46.6 Å². The molecular weight excluding hydrogens is 457 g/mol. The fraction of sp³-hybridized carbons (Fsp3) is 0.211. The van der Waals surface area contributed by atoms with E-state index in [0.29, 0.717) is 32.8 Å². The third-order valence-corrected chi connectivity index (χ3v) is 5.52. The van der Waals surface area contributed by atoms with Gasteiger partial charge in [0.1, 0.15) is 17.4 Å². The van der Waals surface area contributed by atoms with E-state index in [-0.39, 0.29) is 11.4 Å². The lowest BCUT2D eigenvalue weighted by molar-refractivity contribution is -0.113. The summed E-state index contributed by atoms with van der Waals surface area (Å²) in [5, 5.41) is 11.9. The summed E-state index contributed by atoms with van der Waals surface area (Å²) in [6.45, 7) is 1.79. The number of benzene rings is 2. The molecule has 0 spiro atoms. The van der Waals surface area contributed by atoms with Crippen molar-refractivity contribution in [2.75, 3.05) is 11.1 Å². The maximum absolute atomic E-state index is 13.6. The lowest BCUT2D eigenvalue weighted by Crippen LogP contribution is -2.16. The van der Waals surface area contributed by atoms with Gasteiger partial charge in [-0.25, -0.2) is 8.78 Å². The number of amides is 1. The van der Waals surface area contributed by atoms with Crippen LogP contribution in [-0.4, -0.2) is 26.4 Å². The summed E-state index contributed by atoms with van der Waals surface area (Å²) in [6.07, 6.45) is -0.474. The van der Waals surface area contributed by atoms with E-state index in [2.05, 4.69) is 15.5 Å². The van der Waals surface area contributed by atoms with Crippen molar-refractivity contribution in [1.29, 1.82) is 0 Å². The Balaban J connectivity index is 1.61. The lowest BCUT2D eigenvalue weighted by Gasteiger charge is -2.15. The molecule has 1 atom stereocenters. The molecule has 1 aromatic heterocycles. The highest BCUT2D eigenvalue weighted by Crippen LogP contribution is 2.31. The summed E-state index contributed by atoms with van der Waals surface area (Å²) >= 11 is 13.1. The standard InChI is InChI=1S/C19H16Cl2F2N4O2S/c1-10(29-16-6-3-11(20)7-13(16)21)18-25-26-19(27(18)2)30-9-17(28)24-15-5-4-12(22)8-14(15)23/h3-8,10H,9H2,1-2H3,(H,24,28). The number of rotatable bonds is 7. The normalized spacial score (nSPS) is 11.9. The molecule has 3 rings (SSSR count). The molecule has 6 nitrogen and oxygen atoms in total. The molecule has 1 heterocycles. The predicted octanol–water partition coefficient (Wildman–Crippen LogP) is 5.27. The van der Waals surface area contributed by atoms with Crippen LogP contribution >= 0.6 is 35.0 Å². The number of thioether (sulfide) groups is 1. The van der Waals surface area contributed by atoms with Gasteiger partial charge >= 0.3 is 0 Å². The van der Waals surface area contributed by atoms with E-state index in [1.54, 1.807) is 36.7 Å². The fourth-order valence-corrected chi connectivity index (χ4v) is 3.70. The van der Waals surface area contributed by atoms with Crippen LogP contribution in [0.1, 0.15) is 18.9 Å². The third kappa shape index (κ3) is 5.41. The minimum absolute atomic E-state index is 0.0406. The van der Waals surface area contributed by atoms with Crippen LogP contribution in [0.2, 0.25) is 10.0 Å². The van der Waals surface area contributed by atoms with Gasteiger partial charge in [-0.2, -0.15) is 0 Å². The monoisotopic (exact) mass is 472 g/mol. The molecular formula is C19H16Cl2F2N4O2S. The van der Waals surface area contributed by atoms with Gasteiger partial charge in [0, 0.05) is 18.1 Å². The molecule has 30 heavy (non-hydrogen) atoms. The molecule has 2 aromatic carbocycles. The quantitative estimate of drug-likeness (QED) is 0.474. The molecule has 158 valence electrons. The number of nitrogens with zero attached hydrogens (tertiary/aromatic N) is 3. The molecule has 1 N–H and O–H groups in total. The van der Waals surface area contributed by atoms with Gasteiger partial charge in [0.05, 0.1) is 16.5 Å². The summed E-state index contributed by atoms with van der Waals surface area (Å²) in [6, 6.07) is 7.82. The summed E-state index contributed by atoms with van der Waals surface area (Å²) in [4.78, 5) is 12.1. The van der Waals surface area contributed by atoms with Crippen LogP contribution in [0.25, 0.3) is 0 Å². The number of hydrogen-bond donors (Lipinski definition) is 1. The number of carbonyl (C=O) groups is 1. The number of anilines is 1. The Labute approximate surface area is 185 Å². The summed E-state index contributed by atoms with van der Waals surface area (Å²) in [7, 11) is 1.73. The first kappa shape index (κ1) is 22.3. The second kappa shape index (κ2) is 9.63. The molecule has 0 saturated heterocycles. The van der Waals surface area contributed by atoms with Crippen LogP contribution in [0, 0.1) is 11.6 Å². The van der Waals surface area contributed by atoms with Crippen molar-refractivity contribution in [2.24, 2.45) is 7.05 Å². The second-order valence-electron chi connectivity index (χ2n) is 6.20. The Morgan fingerprint density at radius 2 is 2.00 bits per heavy atom. The first-order valence-electron chi connectivity index (χ1n) is 8.63. The predicted molar refractivity (Wildman–Crippen MR) is 112 cm³/mol. The van der Waals surface area contributed by atoms with Gasteiger partial charge in [-0.1, -0.05) is 35.0 Å². The molecule has 0 saturated carbocycles. The molecule has 0 bridgehead atoms. The van der Waals surface area contributed by atoms with Gasteiger partial charge in [-0.15, -0.1) is 10.2 Å². The van der Waals surface area contributed by atoms with Crippen LogP contribution in [-0.2, 0) is 11.8 Å². The first-order valence-corrected chi connectivity index (χ1v) is 10.4. The number of halogens is 4. The molecule has 1 unspecified atom stereocenters. The van der Waals surface area contributed by atoms with Crippen molar-refractivity contribution < 1.29 is 18.3 Å². The molecule has 0 fully saturated rings. The van der Waals surface area contributed by atoms with Crippen LogP contribution in [0.4, 0.5) is 14.5 Å². The zero-order chi connectivity index (χ0) is 21.8. The van der Waals surface area contributed by atoms with Crippen LogP contribution in [0.3, 0.4) is 0 Å². The Hall–Kier alpha value is -2.36. The molecule has 11 heteroatoms. The van der Waals surface area contributed by atoms with E-state index in [1.807, 2.05) is 0 Å². The average Bonchev–Trinajstić information content (AvgIpc) is 3.05. The van der Waals surface area contributed by atoms with Crippen molar-refractivity contribution in [3.05, 3.63) is 63.9 Å². The van der Waals surface area contributed by atoms with Crippen LogP contribution < -0.4 is 10.1 Å². The largest absolute Gasteiger partial charge is 0.481 e. The van der Waals surface area contributed by atoms with E-state index in [0.717, 1.165) is 23.9 Å². The summed E-state index contributed by atoms with van der Waals surface area (Å²) < 4.78 is 34.1. The van der Waals surface area contributed by atoms with Gasteiger partial charge in [-0.05, 0) is 37.3 Å². The summed E-state index contributed by atoms with van der Waals surface area (Å²) in [5.41, 5.74) is -0.0949. The summed E-state index contributed by atoms with van der Waals surface area (Å²) in [5.74, 6) is -1.10. The van der Waals surface area contributed by atoms with E-state index in [4.69, 9.17) is 27.9 Å². The van der Waals surface area contributed by atoms with E-state index >= 15 is 0 Å². The van der Waals surface area contributed by atoms with Crippen molar-refractivity contribution in [3.8, 4) is 5.75 Å². The average molecular weight is 473 g/mol. The van der Waals surface area contributed by atoms with Crippen LogP contribution in [0.5, 0.6) is 5.75 Å². The molecule has 3 aromatic rings. The number of hydrogen-bond acceptors (Lipinski definition) is 5. The molecule has 0 aliphatic carbocycles. The number of nitrogens with one attached hydrogen (secondary N) is 1. The van der Waals surface area contributed by atoms with Gasteiger partial charge in [0.2, 0.25) is 5.91 Å². The van der Waals surface area contributed by atoms with Gasteiger partial charge < -0.3 is 14.6 Å². The number of carbonyl (C=O) groups excluding carboxylic acids is 1. The van der Waals surface area contributed by atoms with E-state index in [1.165, 1.54) is 0 Å². The second-order valence-corrected chi connectivity index (χ2v) is 7.98. The molecule has 1 amide bonds. The fourth-order valence-electron chi connectivity index (χ4n) is 2.53. The lowest BCUT2D eigenvalue weighted by atomic mass is 10.3. The Bertz CT molecular complexity index is 1080. The zero-order valence-electron chi connectivity index (χ0n) is 15.8. The number of ether oxygens (including phenoxy) is 1. The Kier molecular flexibility index (Phi) is 7.17. The smallest absolute Gasteiger partial charge is 0.234 e. The molecule has 0 radical (unpaired) electrons. The van der Waals surface area contributed by atoms with Gasteiger partial charge in [0.15, 0.2) is 17.1 Å². The highest BCUT2D eigenvalue weighted by molar-refractivity contribution is 7.99. The maximum Gasteiger partial charge on any atom is 0.234 e. The highest BCUT2D eigenvalue weighted by atomic mass is 35.5. The Morgan fingerprint density at radius 3 is 2.70 bits per heavy atom. The molecule has 0 aliphatic rings. The topological polar surface area (TPSA) is 69.0 Å². The van der Waals surface area contributed by atoms with Gasteiger partial charge in [-0.3, -0.25) is 4.79 Å². The highest BCUT2D eigenvalue weighted by Gasteiger charge is 2.19. The minimum atomic E-state index is -0.846. The van der Waals surface area contributed by atoms with Crippen molar-refractivity contribution in [1.82, 2.24) is 14.8 Å². The van der Waals surface area contributed by atoms with Crippen molar-refractivity contribution in [3.63, 3.8) is 0 Å². The van der Waals surface area contributed by atoms with Crippen LogP contribution in [0.15, 0.2) is 41.6 Å². The minimum Gasteiger partial charge on any atom is -0.481 e. The SMILES string of the molecule is CC(Oc1ccc(Cl)cc1Cl)c1nnc(SCC(=O)Nc2ccc(F)cc2F)n1C. The van der Waals surface area contributed by atoms with E-state index in [9.17, 15) is 13.6 Å². The van der Waals surface area contributed by atoms with Crippen molar-refractivity contribution in [2.45, 2.75) is 18.2 Å². The van der Waals surface area contributed by atoms with Gasteiger partial charge in [0.25, 0.3) is 0 Å².